The number of aryl methyl sites for hydroxylation is 1. The van der Waals surface area contributed by atoms with E-state index in [4.69, 9.17) is 11.6 Å². The van der Waals surface area contributed by atoms with Crippen LogP contribution in [0.25, 0.3) is 11.0 Å². The van der Waals surface area contributed by atoms with Gasteiger partial charge in [0.25, 0.3) is 0 Å². The first-order valence-corrected chi connectivity index (χ1v) is 7.35. The summed E-state index contributed by atoms with van der Waals surface area (Å²) >= 11 is 5.95. The van der Waals surface area contributed by atoms with Gasteiger partial charge in [-0.3, -0.25) is 4.68 Å². The van der Waals surface area contributed by atoms with E-state index in [2.05, 4.69) is 39.1 Å². The molecule has 0 aromatic carbocycles. The van der Waals surface area contributed by atoms with Crippen LogP contribution < -0.4 is 5.32 Å². The lowest BCUT2D eigenvalue weighted by Gasteiger charge is -2.17. The van der Waals surface area contributed by atoms with Crippen molar-refractivity contribution in [3.05, 3.63) is 11.5 Å². The molecule has 2 aromatic rings. The third-order valence-corrected chi connectivity index (χ3v) is 3.57. The first-order valence-electron chi connectivity index (χ1n) is 6.97. The summed E-state index contributed by atoms with van der Waals surface area (Å²) in [6.45, 7) is 8.47. The SMILES string of the molecule is CCN(CC)CCCNc1nc(Cl)nc2c1cnn2C. The molecule has 0 aliphatic heterocycles. The van der Waals surface area contributed by atoms with Gasteiger partial charge < -0.3 is 10.2 Å². The zero-order chi connectivity index (χ0) is 14.5. The van der Waals surface area contributed by atoms with Gasteiger partial charge in [-0.05, 0) is 37.7 Å². The Labute approximate surface area is 124 Å². The molecule has 0 saturated heterocycles. The molecule has 0 bridgehead atoms. The van der Waals surface area contributed by atoms with Crippen molar-refractivity contribution in [1.82, 2.24) is 24.6 Å². The minimum Gasteiger partial charge on any atom is -0.369 e. The van der Waals surface area contributed by atoms with E-state index in [0.717, 1.165) is 49.5 Å². The van der Waals surface area contributed by atoms with Gasteiger partial charge in [0.1, 0.15) is 5.82 Å². The quantitative estimate of drug-likeness (QED) is 0.627. The second-order valence-corrected chi connectivity index (χ2v) is 4.99. The molecule has 0 radical (unpaired) electrons. The Balaban J connectivity index is 1.99. The fourth-order valence-electron chi connectivity index (χ4n) is 2.18. The van der Waals surface area contributed by atoms with Gasteiger partial charge in [-0.25, -0.2) is 0 Å². The van der Waals surface area contributed by atoms with E-state index in [9.17, 15) is 0 Å². The Morgan fingerprint density at radius 1 is 1.30 bits per heavy atom. The van der Waals surface area contributed by atoms with E-state index in [1.54, 1.807) is 10.9 Å². The largest absolute Gasteiger partial charge is 0.369 e. The highest BCUT2D eigenvalue weighted by Gasteiger charge is 2.10. The maximum Gasteiger partial charge on any atom is 0.226 e. The van der Waals surface area contributed by atoms with Gasteiger partial charge in [-0.1, -0.05) is 13.8 Å². The molecule has 2 aromatic heterocycles. The highest BCUT2D eigenvalue weighted by Crippen LogP contribution is 2.21. The van der Waals surface area contributed by atoms with Gasteiger partial charge in [0.05, 0.1) is 11.6 Å². The molecule has 0 saturated carbocycles. The zero-order valence-electron chi connectivity index (χ0n) is 12.2. The van der Waals surface area contributed by atoms with Gasteiger partial charge in [-0.2, -0.15) is 15.1 Å². The zero-order valence-corrected chi connectivity index (χ0v) is 13.0. The molecule has 2 rings (SSSR count). The van der Waals surface area contributed by atoms with Crippen LogP contribution >= 0.6 is 11.6 Å². The normalized spacial score (nSPS) is 11.4. The second-order valence-electron chi connectivity index (χ2n) is 4.65. The van der Waals surface area contributed by atoms with E-state index >= 15 is 0 Å². The number of hydrogen-bond acceptors (Lipinski definition) is 5. The molecule has 1 N–H and O–H groups in total. The standard InChI is InChI=1S/C13H21ClN6/c1-4-20(5-2)8-6-7-15-11-10-9-16-19(3)12(10)18-13(14)17-11/h9H,4-8H2,1-3H3,(H,15,17,18). The molecule has 0 fully saturated rings. The Hall–Kier alpha value is -1.40. The van der Waals surface area contributed by atoms with Crippen molar-refractivity contribution in [3.8, 4) is 0 Å². The number of nitrogens with zero attached hydrogens (tertiary/aromatic N) is 5. The number of halogens is 1. The minimum atomic E-state index is 0.243. The lowest BCUT2D eigenvalue weighted by atomic mass is 10.3. The number of nitrogens with one attached hydrogen (secondary N) is 1. The Morgan fingerprint density at radius 2 is 2.05 bits per heavy atom. The molecule has 6 nitrogen and oxygen atoms in total. The number of fused-ring (bicyclic) bond motifs is 1. The summed E-state index contributed by atoms with van der Waals surface area (Å²) in [5.74, 6) is 0.757. The maximum atomic E-state index is 5.95. The third kappa shape index (κ3) is 3.37. The van der Waals surface area contributed by atoms with E-state index in [-0.39, 0.29) is 5.28 Å². The fraction of sp³-hybridized carbons (Fsp3) is 0.615. The summed E-state index contributed by atoms with van der Waals surface area (Å²) in [7, 11) is 1.84. The molecule has 0 unspecified atom stereocenters. The van der Waals surface area contributed by atoms with E-state index in [1.165, 1.54) is 0 Å². The first-order chi connectivity index (χ1) is 9.65. The molecule has 0 aliphatic carbocycles. The monoisotopic (exact) mass is 296 g/mol. The van der Waals surface area contributed by atoms with Gasteiger partial charge in [0, 0.05) is 13.6 Å². The average molecular weight is 297 g/mol. The van der Waals surface area contributed by atoms with E-state index in [1.807, 2.05) is 7.05 Å². The smallest absolute Gasteiger partial charge is 0.226 e. The van der Waals surface area contributed by atoms with Crippen molar-refractivity contribution in [2.45, 2.75) is 20.3 Å². The number of aromatic nitrogens is 4. The summed E-state index contributed by atoms with van der Waals surface area (Å²) in [6, 6.07) is 0. The van der Waals surface area contributed by atoms with Crippen LogP contribution in [0.5, 0.6) is 0 Å². The molecule has 0 spiro atoms. The van der Waals surface area contributed by atoms with Crippen LogP contribution in [0.4, 0.5) is 5.82 Å². The summed E-state index contributed by atoms with van der Waals surface area (Å²) in [6.07, 6.45) is 2.82. The number of anilines is 1. The Kier molecular flexibility index (Phi) is 5.14. The van der Waals surface area contributed by atoms with E-state index in [0.29, 0.717) is 0 Å². The molecule has 7 heteroatoms. The van der Waals surface area contributed by atoms with Crippen LogP contribution in [-0.4, -0.2) is 50.8 Å². The van der Waals surface area contributed by atoms with Gasteiger partial charge in [0.15, 0.2) is 5.65 Å². The Bertz CT molecular complexity index is 563. The lowest BCUT2D eigenvalue weighted by Crippen LogP contribution is -2.25. The van der Waals surface area contributed by atoms with Crippen LogP contribution in [0, 0.1) is 0 Å². The molecule has 2 heterocycles. The van der Waals surface area contributed by atoms with Crippen LogP contribution in [0.1, 0.15) is 20.3 Å². The highest BCUT2D eigenvalue weighted by atomic mass is 35.5. The van der Waals surface area contributed by atoms with Crippen molar-refractivity contribution in [2.24, 2.45) is 7.05 Å². The minimum absolute atomic E-state index is 0.243. The van der Waals surface area contributed by atoms with Crippen molar-refractivity contribution in [1.29, 1.82) is 0 Å². The summed E-state index contributed by atoms with van der Waals surface area (Å²) in [5.41, 5.74) is 0.747. The van der Waals surface area contributed by atoms with Crippen LogP contribution in [-0.2, 0) is 7.05 Å². The molecule has 20 heavy (non-hydrogen) atoms. The number of hydrogen-bond donors (Lipinski definition) is 1. The molecular weight excluding hydrogens is 276 g/mol. The van der Waals surface area contributed by atoms with Crippen molar-refractivity contribution >= 4 is 28.5 Å². The molecule has 110 valence electrons. The first kappa shape index (κ1) is 15.0. The lowest BCUT2D eigenvalue weighted by molar-refractivity contribution is 0.303. The third-order valence-electron chi connectivity index (χ3n) is 3.40. The molecule has 0 aliphatic rings. The molecule has 0 atom stereocenters. The van der Waals surface area contributed by atoms with Gasteiger partial charge >= 0.3 is 0 Å². The van der Waals surface area contributed by atoms with Crippen LogP contribution in [0.3, 0.4) is 0 Å². The van der Waals surface area contributed by atoms with E-state index < -0.39 is 0 Å². The highest BCUT2D eigenvalue weighted by molar-refractivity contribution is 6.28. The predicted molar refractivity (Wildman–Crippen MR) is 82.2 cm³/mol. The van der Waals surface area contributed by atoms with Gasteiger partial charge in [0.2, 0.25) is 5.28 Å². The Morgan fingerprint density at radius 3 is 2.75 bits per heavy atom. The molecule has 0 amide bonds. The fourth-order valence-corrected chi connectivity index (χ4v) is 2.34. The molecular formula is C13H21ClN6. The van der Waals surface area contributed by atoms with Crippen molar-refractivity contribution in [2.75, 3.05) is 31.5 Å². The topological polar surface area (TPSA) is 58.9 Å². The van der Waals surface area contributed by atoms with Gasteiger partial charge in [-0.15, -0.1) is 0 Å². The average Bonchev–Trinajstić information content (AvgIpc) is 2.80. The maximum absolute atomic E-state index is 5.95. The summed E-state index contributed by atoms with van der Waals surface area (Å²) < 4.78 is 1.70. The predicted octanol–water partition coefficient (Wildman–Crippen LogP) is 2.16. The number of rotatable bonds is 7. The van der Waals surface area contributed by atoms with Crippen molar-refractivity contribution in [3.63, 3.8) is 0 Å². The summed E-state index contributed by atoms with van der Waals surface area (Å²) in [4.78, 5) is 10.8. The summed E-state index contributed by atoms with van der Waals surface area (Å²) in [5, 5.41) is 8.66. The van der Waals surface area contributed by atoms with Crippen LogP contribution in [0.2, 0.25) is 5.28 Å². The van der Waals surface area contributed by atoms with Crippen molar-refractivity contribution < 1.29 is 0 Å². The second kappa shape index (κ2) is 6.85. The van der Waals surface area contributed by atoms with Crippen LogP contribution in [0.15, 0.2) is 6.20 Å².